The average Bonchev–Trinajstić information content (AvgIpc) is 2.86. The highest BCUT2D eigenvalue weighted by molar-refractivity contribution is 6.00. The van der Waals surface area contributed by atoms with Crippen molar-refractivity contribution in [2.75, 3.05) is 38.7 Å². The van der Waals surface area contributed by atoms with Crippen LogP contribution in [-0.4, -0.2) is 55.4 Å². The van der Waals surface area contributed by atoms with Crippen molar-refractivity contribution in [3.63, 3.8) is 0 Å². The summed E-state index contributed by atoms with van der Waals surface area (Å²) in [5.41, 5.74) is 4.48. The van der Waals surface area contributed by atoms with Crippen LogP contribution in [0.2, 0.25) is 0 Å². The van der Waals surface area contributed by atoms with Crippen molar-refractivity contribution in [3.8, 4) is 5.75 Å². The van der Waals surface area contributed by atoms with Gasteiger partial charge in [-0.05, 0) is 49.3 Å². The summed E-state index contributed by atoms with van der Waals surface area (Å²) >= 11 is 0. The van der Waals surface area contributed by atoms with Crippen LogP contribution in [0, 0.1) is 0 Å². The number of amides is 2. The van der Waals surface area contributed by atoms with Gasteiger partial charge in [-0.2, -0.15) is 0 Å². The Bertz CT molecular complexity index is 925. The lowest BCUT2D eigenvalue weighted by molar-refractivity contribution is -0.132. The van der Waals surface area contributed by atoms with Gasteiger partial charge in [0, 0.05) is 19.6 Å². The number of fused-ring (bicyclic) bond motifs is 2. The molecular formula is C23H27N3O3. The molecule has 6 nitrogen and oxygen atoms in total. The van der Waals surface area contributed by atoms with Crippen molar-refractivity contribution in [3.05, 3.63) is 59.2 Å². The summed E-state index contributed by atoms with van der Waals surface area (Å²) < 4.78 is 5.67. The molecule has 152 valence electrons. The van der Waals surface area contributed by atoms with Gasteiger partial charge in [0.05, 0.1) is 18.7 Å². The van der Waals surface area contributed by atoms with Crippen LogP contribution in [0.15, 0.2) is 42.5 Å². The average molecular weight is 393 g/mol. The molecule has 0 aromatic heterocycles. The number of carbonyl (C=O) groups is 2. The first-order valence-corrected chi connectivity index (χ1v) is 10.1. The first-order chi connectivity index (χ1) is 14.0. The summed E-state index contributed by atoms with van der Waals surface area (Å²) in [5, 5.41) is 0. The standard InChI is InChI=1S/C23H27N3O3/c1-24(2)14-17-7-8-19-15-25(11-9-18(19)13-17)23(28)16-26-20-5-3-4-6-21(20)29-12-10-22(26)27/h3-8,13H,9-12,14-16H2,1-2H3. The number of rotatable bonds is 4. The molecule has 2 aromatic rings. The number of nitrogens with zero attached hydrogens (tertiary/aromatic N) is 3. The van der Waals surface area contributed by atoms with E-state index in [0.29, 0.717) is 31.1 Å². The summed E-state index contributed by atoms with van der Waals surface area (Å²) in [5.74, 6) is 0.552. The van der Waals surface area contributed by atoms with Gasteiger partial charge in [0.1, 0.15) is 12.3 Å². The van der Waals surface area contributed by atoms with E-state index in [-0.39, 0.29) is 24.8 Å². The summed E-state index contributed by atoms with van der Waals surface area (Å²) in [4.78, 5) is 31.2. The number of hydrogen-bond acceptors (Lipinski definition) is 4. The molecule has 0 N–H and O–H groups in total. The lowest BCUT2D eigenvalue weighted by Gasteiger charge is -2.31. The summed E-state index contributed by atoms with van der Waals surface area (Å²) in [6.07, 6.45) is 1.12. The Kier molecular flexibility index (Phi) is 5.53. The van der Waals surface area contributed by atoms with Crippen LogP contribution < -0.4 is 9.64 Å². The van der Waals surface area contributed by atoms with E-state index in [9.17, 15) is 9.59 Å². The minimum absolute atomic E-state index is 0.0296. The van der Waals surface area contributed by atoms with Crippen molar-refractivity contribution in [2.45, 2.75) is 25.9 Å². The number of para-hydroxylation sites is 2. The van der Waals surface area contributed by atoms with E-state index in [1.807, 2.05) is 29.2 Å². The molecule has 0 unspecified atom stereocenters. The summed E-state index contributed by atoms with van der Waals surface area (Å²) in [7, 11) is 4.13. The van der Waals surface area contributed by atoms with Crippen molar-refractivity contribution in [2.24, 2.45) is 0 Å². The van der Waals surface area contributed by atoms with Gasteiger partial charge in [0.25, 0.3) is 0 Å². The van der Waals surface area contributed by atoms with E-state index < -0.39 is 0 Å². The number of anilines is 1. The molecule has 4 rings (SSSR count). The second-order valence-corrected chi connectivity index (χ2v) is 7.95. The molecule has 0 radical (unpaired) electrons. The van der Waals surface area contributed by atoms with E-state index in [1.54, 1.807) is 4.90 Å². The van der Waals surface area contributed by atoms with Crippen LogP contribution >= 0.6 is 0 Å². The maximum atomic E-state index is 13.0. The molecule has 2 aliphatic heterocycles. The first kappa shape index (κ1) is 19.5. The van der Waals surface area contributed by atoms with Crippen molar-refractivity contribution in [1.82, 2.24) is 9.80 Å². The summed E-state index contributed by atoms with van der Waals surface area (Å²) in [6, 6.07) is 13.9. The van der Waals surface area contributed by atoms with Gasteiger partial charge in [-0.3, -0.25) is 14.5 Å². The molecule has 0 saturated carbocycles. The third-order valence-corrected chi connectivity index (χ3v) is 5.46. The first-order valence-electron chi connectivity index (χ1n) is 10.1. The van der Waals surface area contributed by atoms with Crippen LogP contribution in [0.4, 0.5) is 5.69 Å². The van der Waals surface area contributed by atoms with Crippen molar-refractivity contribution < 1.29 is 14.3 Å². The Balaban J connectivity index is 1.48. The predicted octanol–water partition coefficient (Wildman–Crippen LogP) is 2.45. The van der Waals surface area contributed by atoms with E-state index in [1.165, 1.54) is 16.7 Å². The van der Waals surface area contributed by atoms with Crippen LogP contribution in [0.3, 0.4) is 0 Å². The van der Waals surface area contributed by atoms with Crippen LogP contribution in [0.5, 0.6) is 5.75 Å². The molecule has 2 aromatic carbocycles. The Morgan fingerprint density at radius 2 is 1.93 bits per heavy atom. The molecule has 0 spiro atoms. The number of ether oxygens (including phenoxy) is 1. The second-order valence-electron chi connectivity index (χ2n) is 7.95. The maximum absolute atomic E-state index is 13.0. The molecule has 0 fully saturated rings. The van der Waals surface area contributed by atoms with Gasteiger partial charge >= 0.3 is 0 Å². The SMILES string of the molecule is CN(C)Cc1ccc2c(c1)CCN(C(=O)CN1C(=O)CCOc3ccccc31)C2. The number of carbonyl (C=O) groups excluding carboxylic acids is 2. The third kappa shape index (κ3) is 4.27. The zero-order valence-corrected chi connectivity index (χ0v) is 17.1. The Hall–Kier alpha value is -2.86. The molecule has 2 aliphatic rings. The van der Waals surface area contributed by atoms with Crippen LogP contribution in [0.25, 0.3) is 0 Å². The highest BCUT2D eigenvalue weighted by Crippen LogP contribution is 2.31. The van der Waals surface area contributed by atoms with E-state index >= 15 is 0 Å². The second kappa shape index (κ2) is 8.25. The topological polar surface area (TPSA) is 53.1 Å². The van der Waals surface area contributed by atoms with E-state index in [2.05, 4.69) is 37.2 Å². The normalized spacial score (nSPS) is 16.2. The molecule has 0 atom stereocenters. The molecule has 0 aliphatic carbocycles. The van der Waals surface area contributed by atoms with Gasteiger partial charge in [-0.25, -0.2) is 0 Å². The molecule has 29 heavy (non-hydrogen) atoms. The quantitative estimate of drug-likeness (QED) is 0.801. The zero-order valence-electron chi connectivity index (χ0n) is 17.1. The highest BCUT2D eigenvalue weighted by Gasteiger charge is 2.28. The van der Waals surface area contributed by atoms with E-state index in [4.69, 9.17) is 4.74 Å². The van der Waals surface area contributed by atoms with Crippen molar-refractivity contribution in [1.29, 1.82) is 0 Å². The lowest BCUT2D eigenvalue weighted by Crippen LogP contribution is -2.44. The molecule has 6 heteroatoms. The van der Waals surface area contributed by atoms with Gasteiger partial charge in [0.15, 0.2) is 0 Å². The summed E-state index contributed by atoms with van der Waals surface area (Å²) in [6.45, 7) is 2.57. The zero-order chi connectivity index (χ0) is 20.4. The third-order valence-electron chi connectivity index (χ3n) is 5.46. The predicted molar refractivity (Wildman–Crippen MR) is 112 cm³/mol. The van der Waals surface area contributed by atoms with Crippen LogP contribution in [-0.2, 0) is 29.1 Å². The molecule has 2 amide bonds. The molecular weight excluding hydrogens is 366 g/mol. The van der Waals surface area contributed by atoms with Gasteiger partial charge in [0.2, 0.25) is 11.8 Å². The Labute approximate surface area is 171 Å². The lowest BCUT2D eigenvalue weighted by atomic mass is 9.97. The Morgan fingerprint density at radius 3 is 2.76 bits per heavy atom. The maximum Gasteiger partial charge on any atom is 0.242 e. The van der Waals surface area contributed by atoms with E-state index in [0.717, 1.165) is 13.0 Å². The smallest absolute Gasteiger partial charge is 0.242 e. The van der Waals surface area contributed by atoms with Crippen LogP contribution in [0.1, 0.15) is 23.1 Å². The fourth-order valence-corrected chi connectivity index (χ4v) is 4.01. The fraction of sp³-hybridized carbons (Fsp3) is 0.391. The molecule has 0 bridgehead atoms. The molecule has 2 heterocycles. The fourth-order valence-electron chi connectivity index (χ4n) is 4.01. The minimum Gasteiger partial charge on any atom is -0.491 e. The number of hydrogen-bond donors (Lipinski definition) is 0. The van der Waals surface area contributed by atoms with Gasteiger partial charge < -0.3 is 14.5 Å². The molecule has 0 saturated heterocycles. The largest absolute Gasteiger partial charge is 0.491 e. The van der Waals surface area contributed by atoms with Gasteiger partial charge in [-0.1, -0.05) is 30.3 Å². The van der Waals surface area contributed by atoms with Crippen molar-refractivity contribution >= 4 is 17.5 Å². The van der Waals surface area contributed by atoms with Gasteiger partial charge in [-0.15, -0.1) is 0 Å². The Morgan fingerprint density at radius 1 is 1.10 bits per heavy atom. The minimum atomic E-state index is -0.0750. The monoisotopic (exact) mass is 393 g/mol. The highest BCUT2D eigenvalue weighted by atomic mass is 16.5. The number of benzene rings is 2.